The predicted octanol–water partition coefficient (Wildman–Crippen LogP) is 3.41. The van der Waals surface area contributed by atoms with Gasteiger partial charge in [0, 0.05) is 32.7 Å². The van der Waals surface area contributed by atoms with E-state index in [0.29, 0.717) is 0 Å². The Morgan fingerprint density at radius 1 is 0.917 bits per heavy atom. The van der Waals surface area contributed by atoms with E-state index in [2.05, 4.69) is 53.5 Å². The first-order valence-corrected chi connectivity index (χ1v) is 9.00. The summed E-state index contributed by atoms with van der Waals surface area (Å²) in [4.78, 5) is 2.51. The molecule has 0 bridgehead atoms. The number of nitrogens with one attached hydrogen (secondary N) is 1. The van der Waals surface area contributed by atoms with Crippen LogP contribution >= 0.6 is 0 Å². The zero-order valence-corrected chi connectivity index (χ0v) is 14.6. The first-order chi connectivity index (χ1) is 11.8. The quantitative estimate of drug-likeness (QED) is 0.790. The maximum atomic E-state index is 5.79. The van der Waals surface area contributed by atoms with Gasteiger partial charge in [0.1, 0.15) is 5.75 Å². The Morgan fingerprint density at radius 3 is 2.29 bits per heavy atom. The molecule has 0 atom stereocenters. The Hall–Kier alpha value is -1.84. The Morgan fingerprint density at radius 2 is 1.58 bits per heavy atom. The Bertz CT molecular complexity index is 601. The van der Waals surface area contributed by atoms with E-state index in [1.54, 1.807) is 0 Å². The van der Waals surface area contributed by atoms with Crippen molar-refractivity contribution in [1.29, 1.82) is 0 Å². The van der Waals surface area contributed by atoms with Crippen molar-refractivity contribution in [2.45, 2.75) is 26.3 Å². The molecular formula is C21H28N2O. The molecule has 0 saturated carbocycles. The highest BCUT2D eigenvalue weighted by Gasteiger charge is 2.09. The average molecular weight is 324 g/mol. The van der Waals surface area contributed by atoms with Gasteiger partial charge in [-0.05, 0) is 43.0 Å². The fourth-order valence-corrected chi connectivity index (χ4v) is 3.04. The number of rotatable bonds is 7. The summed E-state index contributed by atoms with van der Waals surface area (Å²) in [7, 11) is 0. The molecular weight excluding hydrogens is 296 g/mol. The lowest BCUT2D eigenvalue weighted by Crippen LogP contribution is -2.42. The minimum Gasteiger partial charge on any atom is -0.494 e. The number of piperazine rings is 1. The molecule has 0 unspecified atom stereocenters. The van der Waals surface area contributed by atoms with Crippen LogP contribution in [0, 0.1) is 6.92 Å². The molecule has 1 aliphatic rings. The minimum atomic E-state index is 0.769. The molecule has 1 fully saturated rings. The van der Waals surface area contributed by atoms with Crippen molar-refractivity contribution < 1.29 is 4.74 Å². The number of benzene rings is 2. The second kappa shape index (κ2) is 8.86. The zero-order chi connectivity index (χ0) is 16.6. The normalized spacial score (nSPS) is 15.4. The fraction of sp³-hybridized carbons (Fsp3) is 0.429. The molecule has 1 aliphatic heterocycles. The van der Waals surface area contributed by atoms with Gasteiger partial charge < -0.3 is 10.1 Å². The lowest BCUT2D eigenvalue weighted by Gasteiger charge is -2.27. The van der Waals surface area contributed by atoms with Gasteiger partial charge in [0.05, 0.1) is 6.61 Å². The molecule has 3 heteroatoms. The molecule has 1 N–H and O–H groups in total. The van der Waals surface area contributed by atoms with E-state index < -0.39 is 0 Å². The topological polar surface area (TPSA) is 24.5 Å². The Kier molecular flexibility index (Phi) is 6.27. The Labute approximate surface area is 145 Å². The molecule has 0 radical (unpaired) electrons. The van der Waals surface area contributed by atoms with Crippen molar-refractivity contribution in [1.82, 2.24) is 10.2 Å². The standard InChI is InChI=1S/C21H28N2O/c1-18-4-10-21(11-5-18)24-16-2-3-19-6-8-20(9-7-19)17-23-14-12-22-13-15-23/h4-11,22H,2-3,12-17H2,1H3. The summed E-state index contributed by atoms with van der Waals surface area (Å²) >= 11 is 0. The molecule has 0 amide bonds. The summed E-state index contributed by atoms with van der Waals surface area (Å²) < 4.78 is 5.79. The number of hydrogen-bond donors (Lipinski definition) is 1. The van der Waals surface area contributed by atoms with Gasteiger partial charge in [0.2, 0.25) is 0 Å². The van der Waals surface area contributed by atoms with E-state index in [4.69, 9.17) is 4.74 Å². The molecule has 1 saturated heterocycles. The zero-order valence-electron chi connectivity index (χ0n) is 14.6. The van der Waals surface area contributed by atoms with Crippen LogP contribution in [0.15, 0.2) is 48.5 Å². The second-order valence-electron chi connectivity index (χ2n) is 6.61. The molecule has 0 spiro atoms. The molecule has 3 nitrogen and oxygen atoms in total. The van der Waals surface area contributed by atoms with Crippen LogP contribution in [0.1, 0.15) is 23.1 Å². The van der Waals surface area contributed by atoms with E-state index >= 15 is 0 Å². The first-order valence-electron chi connectivity index (χ1n) is 9.00. The van der Waals surface area contributed by atoms with Crippen LogP contribution in [0.3, 0.4) is 0 Å². The molecule has 0 aromatic heterocycles. The lowest BCUT2D eigenvalue weighted by molar-refractivity contribution is 0.233. The third-order valence-corrected chi connectivity index (χ3v) is 4.54. The van der Waals surface area contributed by atoms with Gasteiger partial charge >= 0.3 is 0 Å². The SMILES string of the molecule is Cc1ccc(OCCCc2ccc(CN3CCNCC3)cc2)cc1. The summed E-state index contributed by atoms with van der Waals surface area (Å²) in [6, 6.07) is 17.3. The molecule has 3 rings (SSSR count). The predicted molar refractivity (Wildman–Crippen MR) is 99.6 cm³/mol. The molecule has 2 aromatic rings. The van der Waals surface area contributed by atoms with Crippen LogP contribution in [-0.4, -0.2) is 37.7 Å². The monoisotopic (exact) mass is 324 g/mol. The van der Waals surface area contributed by atoms with Crippen molar-refractivity contribution in [3.63, 3.8) is 0 Å². The Balaban J connectivity index is 1.38. The minimum absolute atomic E-state index is 0.769. The maximum absolute atomic E-state index is 5.79. The van der Waals surface area contributed by atoms with Crippen molar-refractivity contribution in [3.8, 4) is 5.75 Å². The number of ether oxygens (including phenoxy) is 1. The average Bonchev–Trinajstić information content (AvgIpc) is 2.62. The maximum Gasteiger partial charge on any atom is 0.119 e. The van der Waals surface area contributed by atoms with Crippen LogP contribution in [0.2, 0.25) is 0 Å². The molecule has 128 valence electrons. The number of aryl methyl sites for hydroxylation is 2. The van der Waals surface area contributed by atoms with Gasteiger partial charge in [0.25, 0.3) is 0 Å². The van der Waals surface area contributed by atoms with E-state index in [0.717, 1.165) is 57.9 Å². The van der Waals surface area contributed by atoms with Gasteiger partial charge in [-0.25, -0.2) is 0 Å². The number of nitrogens with zero attached hydrogens (tertiary/aromatic N) is 1. The number of hydrogen-bond acceptors (Lipinski definition) is 3. The smallest absolute Gasteiger partial charge is 0.119 e. The van der Waals surface area contributed by atoms with Crippen molar-refractivity contribution >= 4 is 0 Å². The van der Waals surface area contributed by atoms with E-state index in [9.17, 15) is 0 Å². The largest absolute Gasteiger partial charge is 0.494 e. The van der Waals surface area contributed by atoms with Crippen LogP contribution in [-0.2, 0) is 13.0 Å². The summed E-state index contributed by atoms with van der Waals surface area (Å²) in [5, 5.41) is 3.40. The summed E-state index contributed by atoms with van der Waals surface area (Å²) in [5.74, 6) is 0.965. The van der Waals surface area contributed by atoms with Crippen LogP contribution in [0.4, 0.5) is 0 Å². The summed E-state index contributed by atoms with van der Waals surface area (Å²) in [6.07, 6.45) is 2.12. The summed E-state index contributed by atoms with van der Waals surface area (Å²) in [6.45, 7) is 8.45. The van der Waals surface area contributed by atoms with Crippen LogP contribution in [0.25, 0.3) is 0 Å². The third kappa shape index (κ3) is 5.36. The van der Waals surface area contributed by atoms with Crippen LogP contribution < -0.4 is 10.1 Å². The highest BCUT2D eigenvalue weighted by Crippen LogP contribution is 2.13. The van der Waals surface area contributed by atoms with Gasteiger partial charge in [-0.2, -0.15) is 0 Å². The van der Waals surface area contributed by atoms with Crippen molar-refractivity contribution in [2.24, 2.45) is 0 Å². The second-order valence-corrected chi connectivity index (χ2v) is 6.61. The molecule has 2 aromatic carbocycles. The molecule has 0 aliphatic carbocycles. The van der Waals surface area contributed by atoms with E-state index in [1.165, 1.54) is 16.7 Å². The van der Waals surface area contributed by atoms with Crippen molar-refractivity contribution in [2.75, 3.05) is 32.8 Å². The summed E-state index contributed by atoms with van der Waals surface area (Å²) in [5.41, 5.74) is 4.08. The van der Waals surface area contributed by atoms with Gasteiger partial charge in [0.15, 0.2) is 0 Å². The van der Waals surface area contributed by atoms with E-state index in [1.807, 2.05) is 12.1 Å². The first kappa shape index (κ1) is 17.0. The molecule has 24 heavy (non-hydrogen) atoms. The van der Waals surface area contributed by atoms with E-state index in [-0.39, 0.29) is 0 Å². The van der Waals surface area contributed by atoms with Crippen molar-refractivity contribution in [3.05, 3.63) is 65.2 Å². The van der Waals surface area contributed by atoms with Crippen LogP contribution in [0.5, 0.6) is 5.75 Å². The van der Waals surface area contributed by atoms with Gasteiger partial charge in [-0.1, -0.05) is 42.0 Å². The highest BCUT2D eigenvalue weighted by molar-refractivity contribution is 5.26. The fourth-order valence-electron chi connectivity index (χ4n) is 3.04. The molecule has 1 heterocycles. The lowest BCUT2D eigenvalue weighted by atomic mass is 10.1. The third-order valence-electron chi connectivity index (χ3n) is 4.54. The highest BCUT2D eigenvalue weighted by atomic mass is 16.5. The van der Waals surface area contributed by atoms with Gasteiger partial charge in [-0.15, -0.1) is 0 Å². The van der Waals surface area contributed by atoms with Gasteiger partial charge in [-0.3, -0.25) is 4.90 Å².